The zero-order valence-electron chi connectivity index (χ0n) is 26.2. The maximum atomic E-state index is 12.7. The maximum Gasteiger partial charge on any atom is 0.343 e. The van der Waals surface area contributed by atoms with Gasteiger partial charge in [-0.15, -0.1) is 0 Å². The molecule has 0 unspecified atom stereocenters. The van der Waals surface area contributed by atoms with Gasteiger partial charge in [0, 0.05) is 12.8 Å². The molecule has 3 aromatic carbocycles. The minimum Gasteiger partial charge on any atom is -0.494 e. The Morgan fingerprint density at radius 1 is 0.630 bits per heavy atom. The first-order valence-corrected chi connectivity index (χ1v) is 14.9. The SMILES string of the molecule is C=C(C)/C=C\C(=C)OCCOc1ccc(OC(=O)c2ccc(C(=O)OC3=CC=C(OCCOc4ccc(C)cc4)CC3)cc2)cc1. The molecule has 8 nitrogen and oxygen atoms in total. The van der Waals surface area contributed by atoms with E-state index < -0.39 is 11.9 Å². The number of rotatable bonds is 16. The van der Waals surface area contributed by atoms with Crippen molar-refractivity contribution in [2.75, 3.05) is 26.4 Å². The Morgan fingerprint density at radius 3 is 1.72 bits per heavy atom. The molecule has 0 saturated heterocycles. The van der Waals surface area contributed by atoms with Crippen molar-refractivity contribution in [2.24, 2.45) is 0 Å². The minimum atomic E-state index is -0.555. The summed E-state index contributed by atoms with van der Waals surface area (Å²) in [5, 5.41) is 0. The number of ether oxygens (including phenoxy) is 6. The van der Waals surface area contributed by atoms with Gasteiger partial charge in [0.15, 0.2) is 0 Å². The largest absolute Gasteiger partial charge is 0.494 e. The Morgan fingerprint density at radius 2 is 1.13 bits per heavy atom. The van der Waals surface area contributed by atoms with Gasteiger partial charge in [-0.3, -0.25) is 0 Å². The van der Waals surface area contributed by atoms with Crippen LogP contribution in [0.3, 0.4) is 0 Å². The normalized spacial score (nSPS) is 12.4. The van der Waals surface area contributed by atoms with Gasteiger partial charge >= 0.3 is 11.9 Å². The van der Waals surface area contributed by atoms with Crippen LogP contribution >= 0.6 is 0 Å². The lowest BCUT2D eigenvalue weighted by molar-refractivity contribution is 0.0606. The molecule has 3 aromatic rings. The van der Waals surface area contributed by atoms with Crippen LogP contribution in [0.15, 0.2) is 133 Å². The topological polar surface area (TPSA) is 89.5 Å². The van der Waals surface area contributed by atoms with E-state index in [9.17, 15) is 9.59 Å². The highest BCUT2D eigenvalue weighted by Crippen LogP contribution is 2.22. The van der Waals surface area contributed by atoms with E-state index in [1.165, 1.54) is 29.8 Å². The summed E-state index contributed by atoms with van der Waals surface area (Å²) >= 11 is 0. The molecule has 0 aromatic heterocycles. The van der Waals surface area contributed by atoms with Crippen molar-refractivity contribution >= 4 is 11.9 Å². The van der Waals surface area contributed by atoms with E-state index in [-0.39, 0.29) is 0 Å². The molecule has 0 heterocycles. The molecule has 8 heteroatoms. The summed E-state index contributed by atoms with van der Waals surface area (Å²) in [6.45, 7) is 13.0. The van der Waals surface area contributed by atoms with Gasteiger partial charge in [-0.25, -0.2) is 9.59 Å². The van der Waals surface area contributed by atoms with Crippen molar-refractivity contribution in [1.29, 1.82) is 0 Å². The number of esters is 2. The van der Waals surface area contributed by atoms with Crippen LogP contribution in [0.5, 0.6) is 17.2 Å². The van der Waals surface area contributed by atoms with E-state index in [1.54, 1.807) is 42.5 Å². The molecule has 0 saturated carbocycles. The van der Waals surface area contributed by atoms with E-state index in [4.69, 9.17) is 28.4 Å². The van der Waals surface area contributed by atoms with Crippen LogP contribution in [0.1, 0.15) is 46.0 Å². The van der Waals surface area contributed by atoms with Gasteiger partial charge in [0.2, 0.25) is 0 Å². The highest BCUT2D eigenvalue weighted by molar-refractivity contribution is 5.94. The first-order chi connectivity index (χ1) is 22.2. The van der Waals surface area contributed by atoms with Crippen molar-refractivity contribution in [3.63, 3.8) is 0 Å². The number of carbonyl (C=O) groups excluding carboxylic acids is 2. The van der Waals surface area contributed by atoms with Crippen LogP contribution in [0.2, 0.25) is 0 Å². The molecule has 1 aliphatic carbocycles. The fourth-order valence-electron chi connectivity index (χ4n) is 4.08. The van der Waals surface area contributed by atoms with Crippen molar-refractivity contribution in [3.8, 4) is 17.2 Å². The van der Waals surface area contributed by atoms with Gasteiger partial charge in [0.1, 0.15) is 55.2 Å². The van der Waals surface area contributed by atoms with Crippen molar-refractivity contribution < 1.29 is 38.0 Å². The summed E-state index contributed by atoms with van der Waals surface area (Å²) in [7, 11) is 0. The molecule has 0 fully saturated rings. The van der Waals surface area contributed by atoms with Crippen LogP contribution in [0, 0.1) is 6.92 Å². The molecular formula is C38H38O8. The molecule has 0 atom stereocenters. The molecule has 238 valence electrons. The van der Waals surface area contributed by atoms with Crippen LogP contribution in [0.25, 0.3) is 0 Å². The predicted octanol–water partition coefficient (Wildman–Crippen LogP) is 8.07. The number of allylic oxidation sites excluding steroid dienone is 7. The zero-order valence-corrected chi connectivity index (χ0v) is 26.2. The predicted molar refractivity (Wildman–Crippen MR) is 176 cm³/mol. The zero-order chi connectivity index (χ0) is 32.7. The summed E-state index contributed by atoms with van der Waals surface area (Å²) < 4.78 is 33.6. The fourth-order valence-corrected chi connectivity index (χ4v) is 4.08. The second-order valence-corrected chi connectivity index (χ2v) is 10.4. The molecule has 0 N–H and O–H groups in total. The summed E-state index contributed by atoms with van der Waals surface area (Å²) in [6.07, 6.45) is 8.23. The highest BCUT2D eigenvalue weighted by Gasteiger charge is 2.16. The third kappa shape index (κ3) is 11.2. The number of hydrogen-bond acceptors (Lipinski definition) is 8. The summed E-state index contributed by atoms with van der Waals surface area (Å²) in [4.78, 5) is 25.3. The number of aryl methyl sites for hydroxylation is 1. The quantitative estimate of drug-likeness (QED) is 0.0521. The number of hydrogen-bond donors (Lipinski definition) is 0. The lowest BCUT2D eigenvalue weighted by Gasteiger charge is -2.16. The third-order valence-corrected chi connectivity index (χ3v) is 6.54. The fraction of sp³-hybridized carbons (Fsp3) is 0.211. The van der Waals surface area contributed by atoms with Gasteiger partial charge in [-0.05, 0) is 92.7 Å². The third-order valence-electron chi connectivity index (χ3n) is 6.54. The molecule has 0 radical (unpaired) electrons. The van der Waals surface area contributed by atoms with Crippen LogP contribution in [-0.2, 0) is 14.2 Å². The molecule has 0 bridgehead atoms. The van der Waals surface area contributed by atoms with Gasteiger partial charge < -0.3 is 28.4 Å². The van der Waals surface area contributed by atoms with E-state index in [2.05, 4.69) is 13.2 Å². The first-order valence-electron chi connectivity index (χ1n) is 14.9. The molecule has 4 rings (SSSR count). The van der Waals surface area contributed by atoms with Crippen molar-refractivity contribution in [3.05, 3.63) is 150 Å². The van der Waals surface area contributed by atoms with Crippen LogP contribution in [-0.4, -0.2) is 38.4 Å². The lowest BCUT2D eigenvalue weighted by Crippen LogP contribution is -2.11. The second kappa shape index (κ2) is 17.1. The summed E-state index contributed by atoms with van der Waals surface area (Å²) in [6, 6.07) is 20.6. The van der Waals surface area contributed by atoms with Crippen LogP contribution < -0.4 is 14.2 Å². The average molecular weight is 623 g/mol. The monoisotopic (exact) mass is 622 g/mol. The Balaban J connectivity index is 1.16. The highest BCUT2D eigenvalue weighted by atomic mass is 16.5. The number of carbonyl (C=O) groups is 2. The molecule has 0 aliphatic heterocycles. The van der Waals surface area contributed by atoms with Gasteiger partial charge in [-0.2, -0.15) is 0 Å². The molecule has 1 aliphatic rings. The Labute approximate surface area is 269 Å². The molecule has 0 spiro atoms. The van der Waals surface area contributed by atoms with E-state index in [0.717, 1.165) is 17.1 Å². The minimum absolute atomic E-state index is 0.294. The average Bonchev–Trinajstić information content (AvgIpc) is 3.06. The van der Waals surface area contributed by atoms with Crippen molar-refractivity contribution in [2.45, 2.75) is 26.7 Å². The van der Waals surface area contributed by atoms with E-state index in [1.807, 2.05) is 44.2 Å². The standard InChI is InChI=1S/C38H38O8/c1-27(2)5-8-29(4)41-23-24-42-33-15-19-35(20-16-33)45-37(39)30-9-11-31(12-10-30)38(40)46-36-21-17-34(18-22-36)44-26-25-43-32-13-6-28(3)7-14-32/h5-17,19-21H,1,4,18,22-26H2,2-3H3/b8-5-. The molecular weight excluding hydrogens is 584 g/mol. The molecule has 0 amide bonds. The van der Waals surface area contributed by atoms with Crippen LogP contribution in [0.4, 0.5) is 0 Å². The van der Waals surface area contributed by atoms with Gasteiger partial charge in [-0.1, -0.05) is 42.5 Å². The summed E-state index contributed by atoms with van der Waals surface area (Å²) in [5.41, 5.74) is 2.69. The summed E-state index contributed by atoms with van der Waals surface area (Å²) in [5.74, 6) is 2.56. The Kier molecular flexibility index (Phi) is 12.4. The number of benzene rings is 3. The lowest BCUT2D eigenvalue weighted by atomic mass is 10.1. The Bertz CT molecular complexity index is 1590. The second-order valence-electron chi connectivity index (χ2n) is 10.4. The molecule has 46 heavy (non-hydrogen) atoms. The Hall–Kier alpha value is -5.50. The smallest absolute Gasteiger partial charge is 0.343 e. The van der Waals surface area contributed by atoms with E-state index in [0.29, 0.717) is 73.4 Å². The first kappa shape index (κ1) is 33.4. The van der Waals surface area contributed by atoms with E-state index >= 15 is 0 Å². The van der Waals surface area contributed by atoms with Crippen molar-refractivity contribution in [1.82, 2.24) is 0 Å². The maximum absolute atomic E-state index is 12.7. The van der Waals surface area contributed by atoms with Gasteiger partial charge in [0.25, 0.3) is 0 Å². The van der Waals surface area contributed by atoms with Gasteiger partial charge in [0.05, 0.1) is 16.9 Å².